The number of hydrogen-bond acceptors (Lipinski definition) is 3. The number of halogens is 1. The van der Waals surface area contributed by atoms with E-state index in [0.717, 1.165) is 16.5 Å². The molecule has 0 amide bonds. The summed E-state index contributed by atoms with van der Waals surface area (Å²) in [7, 11) is 0. The first-order valence-electron chi connectivity index (χ1n) is 4.23. The van der Waals surface area contributed by atoms with Crippen molar-refractivity contribution in [1.82, 2.24) is 9.97 Å². The number of nitrogens with zero attached hydrogens (tertiary/aromatic N) is 2. The molecule has 2 aromatic heterocycles. The van der Waals surface area contributed by atoms with Crippen molar-refractivity contribution in [2.24, 2.45) is 0 Å². The van der Waals surface area contributed by atoms with Crippen LogP contribution >= 0.6 is 22.6 Å². The minimum absolute atomic E-state index is 0.185. The number of alkyl halides is 1. The minimum atomic E-state index is -0.331. The van der Waals surface area contributed by atoms with Crippen LogP contribution in [0.25, 0.3) is 10.9 Å². The Hall–Kier alpha value is -1.42. The number of hydrogen-bond donors (Lipinski definition) is 1. The lowest BCUT2D eigenvalue weighted by Crippen LogP contribution is -2.13. The predicted molar refractivity (Wildman–Crippen MR) is 64.8 cm³/mol. The number of rotatable bonds is 1. The van der Waals surface area contributed by atoms with E-state index in [1.165, 1.54) is 0 Å². The van der Waals surface area contributed by atoms with Crippen LogP contribution in [0, 0.1) is 11.3 Å². The Bertz CT molecular complexity index is 612. The van der Waals surface area contributed by atoms with Gasteiger partial charge in [0.25, 0.3) is 5.56 Å². The molecule has 2 rings (SSSR count). The molecule has 2 aromatic rings. The van der Waals surface area contributed by atoms with Gasteiger partial charge in [0, 0.05) is 22.2 Å². The topological polar surface area (TPSA) is 69.5 Å². The number of aromatic amines is 1. The lowest BCUT2D eigenvalue weighted by atomic mass is 10.1. The van der Waals surface area contributed by atoms with Gasteiger partial charge >= 0.3 is 0 Å². The van der Waals surface area contributed by atoms with Gasteiger partial charge in [0.1, 0.15) is 11.6 Å². The van der Waals surface area contributed by atoms with Gasteiger partial charge in [0.2, 0.25) is 0 Å². The van der Waals surface area contributed by atoms with E-state index in [4.69, 9.17) is 5.26 Å². The van der Waals surface area contributed by atoms with Gasteiger partial charge < -0.3 is 4.98 Å². The van der Waals surface area contributed by atoms with Crippen LogP contribution in [0.4, 0.5) is 0 Å². The summed E-state index contributed by atoms with van der Waals surface area (Å²) in [6.45, 7) is 0. The van der Waals surface area contributed by atoms with Gasteiger partial charge in [-0.15, -0.1) is 0 Å². The van der Waals surface area contributed by atoms with Crippen LogP contribution in [0.2, 0.25) is 0 Å². The zero-order valence-electron chi connectivity index (χ0n) is 7.62. The second-order valence-corrected chi connectivity index (χ2v) is 3.74. The van der Waals surface area contributed by atoms with Crippen LogP contribution in [0.3, 0.4) is 0 Å². The molecule has 0 radical (unpaired) electrons. The monoisotopic (exact) mass is 311 g/mol. The van der Waals surface area contributed by atoms with E-state index in [0.29, 0.717) is 4.43 Å². The molecule has 0 saturated carbocycles. The van der Waals surface area contributed by atoms with Gasteiger partial charge in [0.15, 0.2) is 0 Å². The van der Waals surface area contributed by atoms with E-state index < -0.39 is 0 Å². The summed E-state index contributed by atoms with van der Waals surface area (Å²) in [5.41, 5.74) is 1.33. The van der Waals surface area contributed by atoms with Crippen LogP contribution in [-0.4, -0.2) is 9.97 Å². The summed E-state index contributed by atoms with van der Waals surface area (Å²) in [4.78, 5) is 18.2. The predicted octanol–water partition coefficient (Wildman–Crippen LogP) is 1.73. The second-order valence-electron chi connectivity index (χ2n) is 2.97. The number of H-pyrrole nitrogens is 1. The van der Waals surface area contributed by atoms with Crippen molar-refractivity contribution in [2.45, 2.75) is 4.43 Å². The van der Waals surface area contributed by atoms with Crippen LogP contribution < -0.4 is 5.56 Å². The largest absolute Gasteiger partial charge is 0.321 e. The molecule has 15 heavy (non-hydrogen) atoms. The highest BCUT2D eigenvalue weighted by Crippen LogP contribution is 2.19. The maximum Gasteiger partial charge on any atom is 0.266 e. The molecule has 5 heteroatoms. The number of fused-ring (bicyclic) bond motifs is 1. The number of aromatic nitrogens is 2. The van der Waals surface area contributed by atoms with Crippen molar-refractivity contribution >= 4 is 33.5 Å². The Labute approximate surface area is 99.1 Å². The molecule has 1 N–H and O–H groups in total. The van der Waals surface area contributed by atoms with E-state index in [-0.39, 0.29) is 11.1 Å². The Morgan fingerprint density at radius 2 is 2.40 bits per heavy atom. The summed E-state index contributed by atoms with van der Waals surface area (Å²) in [5.74, 6) is 0. The van der Waals surface area contributed by atoms with Crippen molar-refractivity contribution in [3.63, 3.8) is 0 Å². The SMILES string of the molecule is N#Cc1c(CI)c2cnccc2[nH]c1=O. The summed E-state index contributed by atoms with van der Waals surface area (Å²) < 4.78 is 0.618. The molecule has 0 spiro atoms. The zero-order valence-corrected chi connectivity index (χ0v) is 9.78. The molecule has 0 aromatic carbocycles. The lowest BCUT2D eigenvalue weighted by Gasteiger charge is -2.03. The first-order chi connectivity index (χ1) is 7.27. The highest BCUT2D eigenvalue weighted by Gasteiger charge is 2.10. The van der Waals surface area contributed by atoms with Gasteiger partial charge in [-0.25, -0.2) is 0 Å². The highest BCUT2D eigenvalue weighted by molar-refractivity contribution is 14.1. The van der Waals surface area contributed by atoms with E-state index in [2.05, 4.69) is 32.6 Å². The Kier molecular flexibility index (Phi) is 2.68. The molecule has 74 valence electrons. The molecule has 0 atom stereocenters. The number of nitrogens with one attached hydrogen (secondary N) is 1. The maximum absolute atomic E-state index is 11.5. The zero-order chi connectivity index (χ0) is 10.8. The fraction of sp³-hybridized carbons (Fsp3) is 0.100. The van der Waals surface area contributed by atoms with Crippen LogP contribution in [-0.2, 0) is 4.43 Å². The molecule has 0 unspecified atom stereocenters. The van der Waals surface area contributed by atoms with Gasteiger partial charge in [-0.2, -0.15) is 5.26 Å². The molecule has 0 saturated heterocycles. The van der Waals surface area contributed by atoms with Crippen molar-refractivity contribution in [3.05, 3.63) is 39.9 Å². The molecular weight excluding hydrogens is 305 g/mol. The molecule has 0 fully saturated rings. The van der Waals surface area contributed by atoms with E-state index in [1.807, 2.05) is 6.07 Å². The average molecular weight is 311 g/mol. The Morgan fingerprint density at radius 3 is 3.07 bits per heavy atom. The molecule has 2 heterocycles. The molecule has 0 aliphatic carbocycles. The number of nitriles is 1. The Balaban J connectivity index is 2.99. The highest BCUT2D eigenvalue weighted by atomic mass is 127. The van der Waals surface area contributed by atoms with Crippen molar-refractivity contribution in [1.29, 1.82) is 5.26 Å². The standard InChI is InChI=1S/C10H6IN3O/c11-3-6-7(4-12)10(15)14-9-1-2-13-5-8(6)9/h1-2,5H,3H2,(H,14,15). The third-order valence-electron chi connectivity index (χ3n) is 2.17. The Morgan fingerprint density at radius 1 is 1.60 bits per heavy atom. The second kappa shape index (κ2) is 3.98. The fourth-order valence-electron chi connectivity index (χ4n) is 1.46. The van der Waals surface area contributed by atoms with Crippen molar-refractivity contribution in [2.75, 3.05) is 0 Å². The first-order valence-corrected chi connectivity index (χ1v) is 5.75. The minimum Gasteiger partial charge on any atom is -0.321 e. The van der Waals surface area contributed by atoms with Crippen LogP contribution in [0.1, 0.15) is 11.1 Å². The summed E-state index contributed by atoms with van der Waals surface area (Å²) in [6, 6.07) is 3.66. The van der Waals surface area contributed by atoms with Gasteiger partial charge in [0.05, 0.1) is 5.52 Å². The van der Waals surface area contributed by atoms with Gasteiger partial charge in [-0.05, 0) is 11.6 Å². The fourth-order valence-corrected chi connectivity index (χ4v) is 2.25. The normalized spacial score (nSPS) is 10.1. The van der Waals surface area contributed by atoms with E-state index in [9.17, 15) is 4.79 Å². The van der Waals surface area contributed by atoms with Gasteiger partial charge in [-0.1, -0.05) is 22.6 Å². The number of pyridine rings is 2. The first kappa shape index (κ1) is 10.1. The van der Waals surface area contributed by atoms with E-state index in [1.54, 1.807) is 18.5 Å². The molecule has 0 aliphatic rings. The quantitative estimate of drug-likeness (QED) is 0.644. The van der Waals surface area contributed by atoms with Gasteiger partial charge in [-0.3, -0.25) is 9.78 Å². The van der Waals surface area contributed by atoms with Crippen molar-refractivity contribution in [3.8, 4) is 6.07 Å². The molecule has 0 bridgehead atoms. The molecule has 4 nitrogen and oxygen atoms in total. The average Bonchev–Trinajstić information content (AvgIpc) is 2.27. The maximum atomic E-state index is 11.5. The molecule has 0 aliphatic heterocycles. The molecular formula is C10H6IN3O. The van der Waals surface area contributed by atoms with Crippen molar-refractivity contribution < 1.29 is 0 Å². The van der Waals surface area contributed by atoms with Crippen LogP contribution in [0.15, 0.2) is 23.3 Å². The summed E-state index contributed by atoms with van der Waals surface area (Å²) >= 11 is 2.14. The van der Waals surface area contributed by atoms with Crippen LogP contribution in [0.5, 0.6) is 0 Å². The third-order valence-corrected chi connectivity index (χ3v) is 2.93. The lowest BCUT2D eigenvalue weighted by molar-refractivity contribution is 1.22. The third kappa shape index (κ3) is 1.61. The summed E-state index contributed by atoms with van der Waals surface area (Å²) in [6.07, 6.45) is 3.28. The van der Waals surface area contributed by atoms with E-state index >= 15 is 0 Å². The summed E-state index contributed by atoms with van der Waals surface area (Å²) in [5, 5.41) is 9.73. The smallest absolute Gasteiger partial charge is 0.266 e.